The monoisotopic (exact) mass is 411 g/mol. The predicted octanol–water partition coefficient (Wildman–Crippen LogP) is 5.15. The molecule has 0 spiro atoms. The number of nitrogens with zero attached hydrogens (tertiary/aromatic N) is 1. The normalized spacial score (nSPS) is 23.9. The molecule has 2 atom stereocenters. The number of hydrogen-bond donors (Lipinski definition) is 2. The molecule has 0 amide bonds. The Morgan fingerprint density at radius 3 is 2.71 bits per heavy atom. The summed E-state index contributed by atoms with van der Waals surface area (Å²) in [6.45, 7) is 5.66. The number of nitrogens with one attached hydrogen (secondary N) is 1. The lowest BCUT2D eigenvalue weighted by molar-refractivity contribution is -0.137. The van der Waals surface area contributed by atoms with Crippen molar-refractivity contribution in [2.75, 3.05) is 6.61 Å². The van der Waals surface area contributed by atoms with Crippen molar-refractivity contribution in [1.82, 2.24) is 0 Å². The summed E-state index contributed by atoms with van der Waals surface area (Å²) in [4.78, 5) is 0.541. The molecular formula is C20H24F3N3OS. The largest absolute Gasteiger partial charge is 0.416 e. The molecule has 0 aliphatic carbocycles. The number of thioether (sulfide) groups is 1. The first kappa shape index (κ1) is 22.3. The fourth-order valence-corrected chi connectivity index (χ4v) is 4.12. The Hall–Kier alpha value is -1.98. The van der Waals surface area contributed by atoms with Gasteiger partial charge < -0.3 is 15.9 Å². The number of hydrogen-bond acceptors (Lipinski definition) is 5. The van der Waals surface area contributed by atoms with Crippen LogP contribution in [0.1, 0.15) is 39.2 Å². The number of ether oxygens (including phenoxy) is 1. The van der Waals surface area contributed by atoms with Crippen LogP contribution in [0.2, 0.25) is 0 Å². The Morgan fingerprint density at radius 1 is 1.43 bits per heavy atom. The first-order valence-electron chi connectivity index (χ1n) is 8.81. The zero-order valence-corrected chi connectivity index (χ0v) is 16.9. The maximum absolute atomic E-state index is 13.0. The minimum atomic E-state index is -4.38. The van der Waals surface area contributed by atoms with Crippen molar-refractivity contribution in [1.29, 1.82) is 10.7 Å². The van der Waals surface area contributed by atoms with E-state index >= 15 is 0 Å². The van der Waals surface area contributed by atoms with Crippen molar-refractivity contribution >= 4 is 17.5 Å². The molecule has 1 heterocycles. The number of rotatable bonds is 5. The SMILES string of the molecule is CC1(Sc2cccc(C(F)(F)F)c2)CCOC(/C(N)=C/C(=N)C(C)(C)C#N)C1. The highest BCUT2D eigenvalue weighted by Crippen LogP contribution is 2.44. The quantitative estimate of drug-likeness (QED) is 0.657. The van der Waals surface area contributed by atoms with Gasteiger partial charge in [0.1, 0.15) is 0 Å². The van der Waals surface area contributed by atoms with Gasteiger partial charge in [-0.25, -0.2) is 0 Å². The van der Waals surface area contributed by atoms with Gasteiger partial charge in [0.2, 0.25) is 0 Å². The van der Waals surface area contributed by atoms with E-state index in [1.807, 2.05) is 6.92 Å². The van der Waals surface area contributed by atoms with Crippen LogP contribution in [0.25, 0.3) is 0 Å². The van der Waals surface area contributed by atoms with Crippen LogP contribution in [0.15, 0.2) is 40.9 Å². The molecular weight excluding hydrogens is 387 g/mol. The molecule has 3 N–H and O–H groups in total. The van der Waals surface area contributed by atoms with E-state index in [-0.39, 0.29) is 10.5 Å². The molecule has 0 saturated carbocycles. The summed E-state index contributed by atoms with van der Waals surface area (Å²) < 4.78 is 44.3. The van der Waals surface area contributed by atoms with Crippen LogP contribution in [0.3, 0.4) is 0 Å². The first-order chi connectivity index (χ1) is 12.9. The average molecular weight is 411 g/mol. The highest BCUT2D eigenvalue weighted by atomic mass is 32.2. The van der Waals surface area contributed by atoms with Crippen molar-refractivity contribution in [2.24, 2.45) is 11.1 Å². The minimum absolute atomic E-state index is 0.0916. The predicted molar refractivity (Wildman–Crippen MR) is 104 cm³/mol. The van der Waals surface area contributed by atoms with E-state index in [2.05, 4.69) is 6.07 Å². The summed E-state index contributed by atoms with van der Waals surface area (Å²) in [5, 5.41) is 17.2. The van der Waals surface area contributed by atoms with Crippen LogP contribution >= 0.6 is 11.8 Å². The Bertz CT molecular complexity index is 814. The minimum Gasteiger partial charge on any atom is -0.400 e. The fraction of sp³-hybridized carbons (Fsp3) is 0.500. The Morgan fingerprint density at radius 2 is 2.11 bits per heavy atom. The summed E-state index contributed by atoms with van der Waals surface area (Å²) in [5.41, 5.74) is 4.93. The van der Waals surface area contributed by atoms with E-state index in [0.29, 0.717) is 30.0 Å². The molecule has 1 fully saturated rings. The molecule has 1 aromatic carbocycles. The van der Waals surface area contributed by atoms with E-state index in [1.165, 1.54) is 23.9 Å². The number of alkyl halides is 3. The van der Waals surface area contributed by atoms with Crippen LogP contribution in [0.4, 0.5) is 13.2 Å². The second-order valence-corrected chi connectivity index (χ2v) is 9.35. The Kier molecular flexibility index (Phi) is 6.51. The average Bonchev–Trinajstić information content (AvgIpc) is 2.60. The third-order valence-corrected chi connectivity index (χ3v) is 6.08. The molecule has 8 heteroatoms. The van der Waals surface area contributed by atoms with Gasteiger partial charge in [-0.3, -0.25) is 0 Å². The second-order valence-electron chi connectivity index (χ2n) is 7.69. The number of halogens is 3. The Balaban J connectivity index is 2.16. The molecule has 0 bridgehead atoms. The zero-order valence-electron chi connectivity index (χ0n) is 16.1. The molecule has 1 aliphatic heterocycles. The van der Waals surface area contributed by atoms with Gasteiger partial charge in [0.25, 0.3) is 0 Å². The number of nitrogens with two attached hydrogens (primary N) is 1. The lowest BCUT2D eigenvalue weighted by atomic mass is 9.87. The van der Waals surface area contributed by atoms with Gasteiger partial charge in [-0.05, 0) is 57.9 Å². The zero-order chi connectivity index (χ0) is 21.2. The van der Waals surface area contributed by atoms with Crippen LogP contribution in [-0.2, 0) is 10.9 Å². The summed E-state index contributed by atoms with van der Waals surface area (Å²) >= 11 is 1.38. The van der Waals surface area contributed by atoms with Crippen molar-refractivity contribution in [3.63, 3.8) is 0 Å². The van der Waals surface area contributed by atoms with Crippen molar-refractivity contribution in [3.05, 3.63) is 41.6 Å². The number of allylic oxidation sites excluding steroid dienone is 1. The van der Waals surface area contributed by atoms with Crippen molar-refractivity contribution in [2.45, 2.75) is 55.5 Å². The molecule has 2 unspecified atom stereocenters. The van der Waals surface area contributed by atoms with E-state index < -0.39 is 23.3 Å². The third-order valence-electron chi connectivity index (χ3n) is 4.73. The second kappa shape index (κ2) is 8.18. The van der Waals surface area contributed by atoms with Crippen LogP contribution < -0.4 is 5.73 Å². The highest BCUT2D eigenvalue weighted by molar-refractivity contribution is 8.00. The fourth-order valence-electron chi connectivity index (χ4n) is 2.80. The standard InChI is InChI=1S/C20H24F3N3OS/c1-18(2,12-24)17(26)10-15(25)16-11-19(3,7-8-27-16)28-14-6-4-5-13(9-14)20(21,22)23/h4-6,9-10,16,26H,7-8,11,25H2,1-3H3/b15-10-,26-17?. The maximum Gasteiger partial charge on any atom is 0.416 e. The molecule has 2 rings (SSSR count). The molecule has 1 aliphatic rings. The van der Waals surface area contributed by atoms with E-state index in [9.17, 15) is 13.2 Å². The summed E-state index contributed by atoms with van der Waals surface area (Å²) in [7, 11) is 0. The van der Waals surface area contributed by atoms with Gasteiger partial charge >= 0.3 is 6.18 Å². The van der Waals surface area contributed by atoms with Crippen LogP contribution in [0, 0.1) is 22.2 Å². The molecule has 152 valence electrons. The smallest absolute Gasteiger partial charge is 0.400 e. The third kappa shape index (κ3) is 5.52. The lowest BCUT2D eigenvalue weighted by Crippen LogP contribution is -2.39. The van der Waals surface area contributed by atoms with Crippen LogP contribution in [0.5, 0.6) is 0 Å². The molecule has 4 nitrogen and oxygen atoms in total. The summed E-state index contributed by atoms with van der Waals surface area (Å²) in [5.74, 6) is 0. The van der Waals surface area contributed by atoms with E-state index in [1.54, 1.807) is 19.9 Å². The Labute approximate surface area is 167 Å². The van der Waals surface area contributed by atoms with Crippen LogP contribution in [-0.4, -0.2) is 23.2 Å². The molecule has 0 aromatic heterocycles. The van der Waals surface area contributed by atoms with Gasteiger partial charge in [0, 0.05) is 21.9 Å². The van der Waals surface area contributed by atoms with Gasteiger partial charge in [-0.2, -0.15) is 18.4 Å². The van der Waals surface area contributed by atoms with E-state index in [4.69, 9.17) is 21.1 Å². The molecule has 28 heavy (non-hydrogen) atoms. The van der Waals surface area contributed by atoms with Crippen molar-refractivity contribution in [3.8, 4) is 6.07 Å². The van der Waals surface area contributed by atoms with Gasteiger partial charge in [0.15, 0.2) is 0 Å². The summed E-state index contributed by atoms with van der Waals surface area (Å²) in [6, 6.07) is 7.34. The molecule has 0 radical (unpaired) electrons. The first-order valence-corrected chi connectivity index (χ1v) is 9.63. The summed E-state index contributed by atoms with van der Waals surface area (Å²) in [6.07, 6.45) is -2.22. The lowest BCUT2D eigenvalue weighted by Gasteiger charge is -2.38. The van der Waals surface area contributed by atoms with Gasteiger partial charge in [-0.1, -0.05) is 6.07 Å². The maximum atomic E-state index is 13.0. The number of benzene rings is 1. The van der Waals surface area contributed by atoms with Crippen molar-refractivity contribution < 1.29 is 17.9 Å². The van der Waals surface area contributed by atoms with E-state index in [0.717, 1.165) is 12.1 Å². The van der Waals surface area contributed by atoms with Gasteiger partial charge in [0.05, 0.1) is 28.9 Å². The molecule has 1 saturated heterocycles. The highest BCUT2D eigenvalue weighted by Gasteiger charge is 2.36. The topological polar surface area (TPSA) is 82.9 Å². The van der Waals surface area contributed by atoms with Gasteiger partial charge in [-0.15, -0.1) is 11.8 Å². The number of nitriles is 1. The molecule has 1 aromatic rings.